The Labute approximate surface area is 109 Å². The van der Waals surface area contributed by atoms with Gasteiger partial charge in [0.1, 0.15) is 5.82 Å². The third-order valence-electron chi connectivity index (χ3n) is 3.53. The van der Waals surface area contributed by atoms with Gasteiger partial charge in [0.15, 0.2) is 0 Å². The van der Waals surface area contributed by atoms with Crippen molar-refractivity contribution in [2.24, 2.45) is 0 Å². The second kappa shape index (κ2) is 6.16. The molecule has 3 nitrogen and oxygen atoms in total. The Morgan fingerprint density at radius 3 is 2.61 bits per heavy atom. The molecule has 0 radical (unpaired) electrons. The number of rotatable bonds is 4. The lowest BCUT2D eigenvalue weighted by atomic mass is 10.2. The highest BCUT2D eigenvalue weighted by Crippen LogP contribution is 2.15. The van der Waals surface area contributed by atoms with Gasteiger partial charge in [-0.25, -0.2) is 4.39 Å². The SMILES string of the molecule is Cc1cc(F)ccc1NCCN1CCN(C)CC1. The molecule has 1 aromatic rings. The van der Waals surface area contributed by atoms with Crippen molar-refractivity contribution in [1.29, 1.82) is 0 Å². The van der Waals surface area contributed by atoms with Crippen molar-refractivity contribution in [3.63, 3.8) is 0 Å². The Kier molecular flexibility index (Phi) is 4.55. The van der Waals surface area contributed by atoms with Crippen molar-refractivity contribution in [1.82, 2.24) is 9.80 Å². The molecular formula is C14H22FN3. The lowest BCUT2D eigenvalue weighted by molar-refractivity contribution is 0.158. The molecule has 1 heterocycles. The molecule has 1 saturated heterocycles. The number of likely N-dealkylation sites (N-methyl/N-ethyl adjacent to an activating group) is 1. The molecule has 2 rings (SSSR count). The molecule has 0 bridgehead atoms. The number of nitrogens with one attached hydrogen (secondary N) is 1. The Bertz CT molecular complexity index is 387. The Morgan fingerprint density at radius 2 is 1.94 bits per heavy atom. The summed E-state index contributed by atoms with van der Waals surface area (Å²) in [7, 11) is 2.16. The first kappa shape index (κ1) is 13.3. The van der Waals surface area contributed by atoms with Gasteiger partial charge in [-0.3, -0.25) is 4.90 Å². The molecule has 4 heteroatoms. The van der Waals surface area contributed by atoms with E-state index in [0.717, 1.165) is 50.5 Å². The Balaban J connectivity index is 1.75. The number of aryl methyl sites for hydroxylation is 1. The Morgan fingerprint density at radius 1 is 1.22 bits per heavy atom. The van der Waals surface area contributed by atoms with Gasteiger partial charge in [0.25, 0.3) is 0 Å². The van der Waals surface area contributed by atoms with Crippen LogP contribution >= 0.6 is 0 Å². The number of benzene rings is 1. The van der Waals surface area contributed by atoms with Crippen molar-refractivity contribution >= 4 is 5.69 Å². The zero-order valence-electron chi connectivity index (χ0n) is 11.2. The van der Waals surface area contributed by atoms with Crippen LogP contribution in [0.3, 0.4) is 0 Å². The molecule has 0 unspecified atom stereocenters. The smallest absolute Gasteiger partial charge is 0.123 e. The van der Waals surface area contributed by atoms with Gasteiger partial charge in [-0.05, 0) is 37.7 Å². The van der Waals surface area contributed by atoms with Gasteiger partial charge in [-0.15, -0.1) is 0 Å². The summed E-state index contributed by atoms with van der Waals surface area (Å²) in [6.45, 7) is 8.47. The first-order valence-electron chi connectivity index (χ1n) is 6.56. The Hall–Kier alpha value is -1.13. The third kappa shape index (κ3) is 3.68. The van der Waals surface area contributed by atoms with Crippen LogP contribution in [0.25, 0.3) is 0 Å². The predicted molar refractivity (Wildman–Crippen MR) is 73.6 cm³/mol. The van der Waals surface area contributed by atoms with Gasteiger partial charge in [0, 0.05) is 45.0 Å². The number of halogens is 1. The quantitative estimate of drug-likeness (QED) is 0.880. The average molecular weight is 251 g/mol. The van der Waals surface area contributed by atoms with Gasteiger partial charge in [-0.1, -0.05) is 0 Å². The van der Waals surface area contributed by atoms with E-state index in [1.54, 1.807) is 6.07 Å². The van der Waals surface area contributed by atoms with E-state index < -0.39 is 0 Å². The highest BCUT2D eigenvalue weighted by atomic mass is 19.1. The second-order valence-corrected chi connectivity index (χ2v) is 5.03. The van der Waals surface area contributed by atoms with Gasteiger partial charge in [0.05, 0.1) is 0 Å². The summed E-state index contributed by atoms with van der Waals surface area (Å²) in [5, 5.41) is 3.38. The molecule has 0 saturated carbocycles. The summed E-state index contributed by atoms with van der Waals surface area (Å²) < 4.78 is 13.0. The minimum Gasteiger partial charge on any atom is -0.384 e. The van der Waals surface area contributed by atoms with E-state index in [9.17, 15) is 4.39 Å². The van der Waals surface area contributed by atoms with Crippen molar-refractivity contribution < 1.29 is 4.39 Å². The molecule has 1 aromatic carbocycles. The molecule has 0 spiro atoms. The molecule has 0 amide bonds. The van der Waals surface area contributed by atoms with Crippen LogP contribution in [0.2, 0.25) is 0 Å². The fourth-order valence-corrected chi connectivity index (χ4v) is 2.25. The van der Waals surface area contributed by atoms with Gasteiger partial charge in [0.2, 0.25) is 0 Å². The third-order valence-corrected chi connectivity index (χ3v) is 3.53. The maximum absolute atomic E-state index is 13.0. The standard InChI is InChI=1S/C14H22FN3/c1-12-11-13(15)3-4-14(12)16-5-6-18-9-7-17(2)8-10-18/h3-4,11,16H,5-10H2,1-2H3. The molecule has 0 aliphatic carbocycles. The van der Waals surface area contributed by atoms with E-state index in [2.05, 4.69) is 22.2 Å². The monoisotopic (exact) mass is 251 g/mol. The fourth-order valence-electron chi connectivity index (χ4n) is 2.25. The molecule has 100 valence electrons. The average Bonchev–Trinajstić information content (AvgIpc) is 2.34. The summed E-state index contributed by atoms with van der Waals surface area (Å²) in [5.41, 5.74) is 2.00. The highest BCUT2D eigenvalue weighted by molar-refractivity contribution is 5.50. The first-order valence-corrected chi connectivity index (χ1v) is 6.56. The van der Waals surface area contributed by atoms with Crippen LogP contribution in [0.5, 0.6) is 0 Å². The first-order chi connectivity index (χ1) is 8.65. The van der Waals surface area contributed by atoms with Gasteiger partial charge in [-0.2, -0.15) is 0 Å². The van der Waals surface area contributed by atoms with Crippen LogP contribution in [-0.2, 0) is 0 Å². The molecule has 0 atom stereocenters. The summed E-state index contributed by atoms with van der Waals surface area (Å²) in [6.07, 6.45) is 0. The zero-order chi connectivity index (χ0) is 13.0. The van der Waals surface area contributed by atoms with Crippen LogP contribution in [0.4, 0.5) is 10.1 Å². The topological polar surface area (TPSA) is 18.5 Å². The number of hydrogen-bond acceptors (Lipinski definition) is 3. The predicted octanol–water partition coefficient (Wildman–Crippen LogP) is 1.79. The largest absolute Gasteiger partial charge is 0.384 e. The van der Waals surface area contributed by atoms with E-state index in [4.69, 9.17) is 0 Å². The number of hydrogen-bond donors (Lipinski definition) is 1. The minimum atomic E-state index is -0.169. The number of nitrogens with zero attached hydrogens (tertiary/aromatic N) is 2. The van der Waals surface area contributed by atoms with Gasteiger partial charge >= 0.3 is 0 Å². The fraction of sp³-hybridized carbons (Fsp3) is 0.571. The van der Waals surface area contributed by atoms with E-state index in [1.165, 1.54) is 6.07 Å². The number of piperazine rings is 1. The molecular weight excluding hydrogens is 229 g/mol. The maximum Gasteiger partial charge on any atom is 0.123 e. The van der Waals surface area contributed by atoms with E-state index in [-0.39, 0.29) is 5.82 Å². The van der Waals surface area contributed by atoms with Crippen LogP contribution in [-0.4, -0.2) is 56.1 Å². The maximum atomic E-state index is 13.0. The summed E-state index contributed by atoms with van der Waals surface area (Å²) in [5.74, 6) is -0.169. The molecule has 18 heavy (non-hydrogen) atoms. The van der Waals surface area contributed by atoms with Crippen LogP contribution < -0.4 is 5.32 Å². The lowest BCUT2D eigenvalue weighted by Gasteiger charge is -2.32. The van der Waals surface area contributed by atoms with Crippen LogP contribution in [0.1, 0.15) is 5.56 Å². The van der Waals surface area contributed by atoms with E-state index in [1.807, 2.05) is 13.0 Å². The summed E-state index contributed by atoms with van der Waals surface area (Å²) in [6, 6.07) is 4.89. The van der Waals surface area contributed by atoms with E-state index >= 15 is 0 Å². The summed E-state index contributed by atoms with van der Waals surface area (Å²) in [4.78, 5) is 4.82. The van der Waals surface area contributed by atoms with Crippen molar-refractivity contribution in [2.45, 2.75) is 6.92 Å². The molecule has 0 aromatic heterocycles. The molecule has 1 fully saturated rings. The highest BCUT2D eigenvalue weighted by Gasteiger charge is 2.12. The molecule has 1 aliphatic heterocycles. The lowest BCUT2D eigenvalue weighted by Crippen LogP contribution is -2.45. The summed E-state index contributed by atoms with van der Waals surface area (Å²) >= 11 is 0. The van der Waals surface area contributed by atoms with Crippen molar-refractivity contribution in [3.8, 4) is 0 Å². The van der Waals surface area contributed by atoms with E-state index in [0.29, 0.717) is 0 Å². The normalized spacial score (nSPS) is 17.9. The van der Waals surface area contributed by atoms with Crippen LogP contribution in [0, 0.1) is 12.7 Å². The second-order valence-electron chi connectivity index (χ2n) is 5.03. The molecule has 1 aliphatic rings. The van der Waals surface area contributed by atoms with Gasteiger partial charge < -0.3 is 10.2 Å². The van der Waals surface area contributed by atoms with Crippen molar-refractivity contribution in [3.05, 3.63) is 29.6 Å². The molecule has 1 N–H and O–H groups in total. The van der Waals surface area contributed by atoms with Crippen LogP contribution in [0.15, 0.2) is 18.2 Å². The zero-order valence-corrected chi connectivity index (χ0v) is 11.2. The minimum absolute atomic E-state index is 0.169. The van der Waals surface area contributed by atoms with Crippen molar-refractivity contribution in [2.75, 3.05) is 51.6 Å². The number of anilines is 1.